The maximum atomic E-state index is 11.9. The highest BCUT2D eigenvalue weighted by molar-refractivity contribution is 6.33. The van der Waals surface area contributed by atoms with Crippen molar-refractivity contribution in [3.8, 4) is 0 Å². The van der Waals surface area contributed by atoms with Gasteiger partial charge in [0.05, 0.1) is 10.6 Å². The molecule has 100 valence electrons. The van der Waals surface area contributed by atoms with Crippen molar-refractivity contribution in [3.63, 3.8) is 0 Å². The Kier molecular flexibility index (Phi) is 3.96. The molecule has 0 aliphatic carbocycles. The number of rotatable bonds is 4. The second-order valence-electron chi connectivity index (χ2n) is 3.69. The van der Waals surface area contributed by atoms with Gasteiger partial charge in [0.15, 0.2) is 5.82 Å². The molecule has 0 atom stereocenters. The monoisotopic (exact) mass is 281 g/mol. The number of carbonyl (C=O) groups excluding carboxylic acids is 1. The molecule has 0 aliphatic rings. The van der Waals surface area contributed by atoms with Crippen molar-refractivity contribution in [2.45, 2.75) is 13.8 Å². The number of nitrogens with zero attached hydrogens (tertiary/aromatic N) is 3. The second kappa shape index (κ2) is 5.66. The van der Waals surface area contributed by atoms with Crippen LogP contribution in [0.5, 0.6) is 0 Å². The van der Waals surface area contributed by atoms with E-state index in [1.54, 1.807) is 6.92 Å². The van der Waals surface area contributed by atoms with Crippen LogP contribution >= 0.6 is 11.6 Å². The molecule has 2 rings (SSSR count). The van der Waals surface area contributed by atoms with Gasteiger partial charge >= 0.3 is 6.01 Å². The van der Waals surface area contributed by atoms with Gasteiger partial charge in [0.25, 0.3) is 5.91 Å². The summed E-state index contributed by atoms with van der Waals surface area (Å²) in [6, 6.07) is 1.56. The maximum Gasteiger partial charge on any atom is 0.328 e. The molecule has 19 heavy (non-hydrogen) atoms. The summed E-state index contributed by atoms with van der Waals surface area (Å²) in [5.41, 5.74) is 0.308. The summed E-state index contributed by atoms with van der Waals surface area (Å²) in [6.45, 7) is 4.28. The van der Waals surface area contributed by atoms with Crippen LogP contribution in [-0.4, -0.2) is 27.6 Å². The number of nitrogens with one attached hydrogen (secondary N) is 2. The van der Waals surface area contributed by atoms with E-state index >= 15 is 0 Å². The molecule has 0 unspecified atom stereocenters. The lowest BCUT2D eigenvalue weighted by molar-refractivity contribution is 0.102. The SMILES string of the molecule is CCNc1ncc(C(=O)Nc2nc(C)no2)cc1Cl. The van der Waals surface area contributed by atoms with E-state index in [-0.39, 0.29) is 6.01 Å². The third-order valence-electron chi connectivity index (χ3n) is 2.20. The molecule has 0 radical (unpaired) electrons. The fraction of sp³-hybridized carbons (Fsp3) is 0.273. The van der Waals surface area contributed by atoms with Crippen LogP contribution in [0.25, 0.3) is 0 Å². The number of carbonyl (C=O) groups is 1. The minimum Gasteiger partial charge on any atom is -0.369 e. The van der Waals surface area contributed by atoms with Crippen LogP contribution in [0.1, 0.15) is 23.1 Å². The summed E-state index contributed by atoms with van der Waals surface area (Å²) in [6.07, 6.45) is 1.42. The van der Waals surface area contributed by atoms with Gasteiger partial charge in [0, 0.05) is 12.7 Å². The number of anilines is 2. The number of halogens is 1. The van der Waals surface area contributed by atoms with E-state index in [0.717, 1.165) is 0 Å². The normalized spacial score (nSPS) is 10.3. The Balaban J connectivity index is 2.13. The first-order chi connectivity index (χ1) is 9.10. The van der Waals surface area contributed by atoms with Crippen LogP contribution in [0, 0.1) is 6.92 Å². The Bertz CT molecular complexity index is 599. The molecule has 2 aromatic rings. The topological polar surface area (TPSA) is 92.9 Å². The van der Waals surface area contributed by atoms with Crippen molar-refractivity contribution in [2.24, 2.45) is 0 Å². The minimum absolute atomic E-state index is 0.0365. The Labute approximate surface area is 114 Å². The molecule has 0 spiro atoms. The van der Waals surface area contributed by atoms with Gasteiger partial charge in [-0.1, -0.05) is 16.8 Å². The van der Waals surface area contributed by atoms with Crippen molar-refractivity contribution >= 4 is 29.3 Å². The number of hydrogen-bond donors (Lipinski definition) is 2. The summed E-state index contributed by atoms with van der Waals surface area (Å²) < 4.78 is 4.79. The van der Waals surface area contributed by atoms with E-state index in [2.05, 4.69) is 25.8 Å². The molecule has 8 heteroatoms. The molecule has 0 saturated carbocycles. The number of amides is 1. The summed E-state index contributed by atoms with van der Waals surface area (Å²) >= 11 is 6.00. The van der Waals surface area contributed by atoms with E-state index in [1.807, 2.05) is 6.92 Å². The number of hydrogen-bond acceptors (Lipinski definition) is 6. The van der Waals surface area contributed by atoms with Crippen LogP contribution in [-0.2, 0) is 0 Å². The standard InChI is InChI=1S/C11H12ClN5O2/c1-3-13-9-8(12)4-7(5-14-9)10(18)16-11-15-6(2)17-19-11/h4-5H,3H2,1-2H3,(H,13,14)(H,15,16,17,18). The zero-order valence-corrected chi connectivity index (χ0v) is 11.2. The van der Waals surface area contributed by atoms with Crippen molar-refractivity contribution in [2.75, 3.05) is 17.2 Å². The lowest BCUT2D eigenvalue weighted by Gasteiger charge is -2.06. The van der Waals surface area contributed by atoms with Gasteiger partial charge in [0.1, 0.15) is 5.82 Å². The minimum atomic E-state index is -0.416. The highest BCUT2D eigenvalue weighted by Gasteiger charge is 2.12. The molecule has 7 nitrogen and oxygen atoms in total. The molecular formula is C11H12ClN5O2. The van der Waals surface area contributed by atoms with Crippen molar-refractivity contribution in [3.05, 3.63) is 28.7 Å². The molecule has 0 aromatic carbocycles. The Morgan fingerprint density at radius 1 is 1.53 bits per heavy atom. The molecule has 0 bridgehead atoms. The van der Waals surface area contributed by atoms with Crippen LogP contribution < -0.4 is 10.6 Å². The van der Waals surface area contributed by atoms with Crippen LogP contribution in [0.2, 0.25) is 5.02 Å². The molecule has 2 N–H and O–H groups in total. The van der Waals surface area contributed by atoms with Gasteiger partial charge in [-0.2, -0.15) is 4.98 Å². The highest BCUT2D eigenvalue weighted by atomic mass is 35.5. The van der Waals surface area contributed by atoms with Gasteiger partial charge in [-0.3, -0.25) is 10.1 Å². The quantitative estimate of drug-likeness (QED) is 0.891. The average Bonchev–Trinajstić information content (AvgIpc) is 2.77. The Morgan fingerprint density at radius 3 is 2.89 bits per heavy atom. The van der Waals surface area contributed by atoms with E-state index in [4.69, 9.17) is 16.1 Å². The predicted molar refractivity (Wildman–Crippen MR) is 70.4 cm³/mol. The molecular weight excluding hydrogens is 270 g/mol. The fourth-order valence-corrected chi connectivity index (χ4v) is 1.61. The van der Waals surface area contributed by atoms with Gasteiger partial charge in [-0.05, 0) is 19.9 Å². The van der Waals surface area contributed by atoms with E-state index in [1.165, 1.54) is 12.3 Å². The predicted octanol–water partition coefficient (Wildman–Crippen LogP) is 2.11. The molecule has 2 aromatic heterocycles. The van der Waals surface area contributed by atoms with E-state index in [9.17, 15) is 4.79 Å². The van der Waals surface area contributed by atoms with Gasteiger partial charge in [-0.15, -0.1) is 0 Å². The largest absolute Gasteiger partial charge is 0.369 e. The number of pyridine rings is 1. The lowest BCUT2D eigenvalue weighted by Crippen LogP contribution is -2.13. The smallest absolute Gasteiger partial charge is 0.328 e. The summed E-state index contributed by atoms with van der Waals surface area (Å²) in [4.78, 5) is 19.8. The first-order valence-corrected chi connectivity index (χ1v) is 5.99. The summed E-state index contributed by atoms with van der Waals surface area (Å²) in [5.74, 6) is 0.560. The maximum absolute atomic E-state index is 11.9. The first-order valence-electron chi connectivity index (χ1n) is 5.61. The molecule has 0 saturated heterocycles. The summed E-state index contributed by atoms with van der Waals surface area (Å²) in [7, 11) is 0. The third-order valence-corrected chi connectivity index (χ3v) is 2.48. The highest BCUT2D eigenvalue weighted by Crippen LogP contribution is 2.20. The number of aromatic nitrogens is 3. The first kappa shape index (κ1) is 13.3. The zero-order chi connectivity index (χ0) is 13.8. The number of aryl methyl sites for hydroxylation is 1. The molecule has 2 heterocycles. The van der Waals surface area contributed by atoms with Crippen molar-refractivity contribution < 1.29 is 9.32 Å². The molecule has 0 aliphatic heterocycles. The van der Waals surface area contributed by atoms with E-state index < -0.39 is 5.91 Å². The summed E-state index contributed by atoms with van der Waals surface area (Å²) in [5, 5.41) is 9.38. The second-order valence-corrected chi connectivity index (χ2v) is 4.09. The van der Waals surface area contributed by atoms with Crippen molar-refractivity contribution in [1.29, 1.82) is 0 Å². The van der Waals surface area contributed by atoms with Gasteiger partial charge in [-0.25, -0.2) is 4.98 Å². The zero-order valence-electron chi connectivity index (χ0n) is 10.4. The van der Waals surface area contributed by atoms with Gasteiger partial charge < -0.3 is 9.84 Å². The fourth-order valence-electron chi connectivity index (χ4n) is 1.38. The van der Waals surface area contributed by atoms with E-state index in [0.29, 0.717) is 28.8 Å². The molecule has 0 fully saturated rings. The third kappa shape index (κ3) is 3.19. The van der Waals surface area contributed by atoms with Gasteiger partial charge in [0.2, 0.25) is 0 Å². The van der Waals surface area contributed by atoms with Crippen LogP contribution in [0.15, 0.2) is 16.8 Å². The average molecular weight is 282 g/mol. The Morgan fingerprint density at radius 2 is 2.32 bits per heavy atom. The Hall–Kier alpha value is -2.15. The van der Waals surface area contributed by atoms with Crippen LogP contribution in [0.3, 0.4) is 0 Å². The molecule has 1 amide bonds. The lowest BCUT2D eigenvalue weighted by atomic mass is 10.2. The van der Waals surface area contributed by atoms with Crippen molar-refractivity contribution in [1.82, 2.24) is 15.1 Å². The van der Waals surface area contributed by atoms with Crippen LogP contribution in [0.4, 0.5) is 11.8 Å².